The molecule has 9 aromatic carbocycles. The zero-order valence-corrected chi connectivity index (χ0v) is 31.8. The van der Waals surface area contributed by atoms with Gasteiger partial charge in [-0.05, 0) is 110 Å². The predicted octanol–water partition coefficient (Wildman–Crippen LogP) is 16.1. The van der Waals surface area contributed by atoms with Crippen molar-refractivity contribution in [2.24, 2.45) is 0 Å². The van der Waals surface area contributed by atoms with E-state index in [2.05, 4.69) is 205 Å². The summed E-state index contributed by atoms with van der Waals surface area (Å²) in [7, 11) is 0. The lowest BCUT2D eigenvalue weighted by atomic mass is 9.98. The van der Waals surface area contributed by atoms with Gasteiger partial charge in [0.25, 0.3) is 0 Å². The molecular weight excluding hydrogens is 711 g/mol. The molecule has 0 spiro atoms. The highest BCUT2D eigenvalue weighted by molar-refractivity contribution is 7.22. The van der Waals surface area contributed by atoms with Crippen LogP contribution in [0.1, 0.15) is 0 Å². The topological polar surface area (TPSA) is 16.4 Å². The van der Waals surface area contributed by atoms with E-state index in [1.165, 1.54) is 53.6 Å². The molecule has 0 aliphatic rings. The average Bonchev–Trinajstić information content (AvgIpc) is 3.90. The Morgan fingerprint density at radius 3 is 1.58 bits per heavy atom. The van der Waals surface area contributed by atoms with E-state index in [4.69, 9.17) is 4.42 Å². The first-order chi connectivity index (χ1) is 28.2. The van der Waals surface area contributed by atoms with E-state index in [0.717, 1.165) is 50.1 Å². The van der Waals surface area contributed by atoms with Crippen LogP contribution in [0.15, 0.2) is 217 Å². The van der Waals surface area contributed by atoms with Crippen molar-refractivity contribution in [3.8, 4) is 43.8 Å². The molecule has 2 heterocycles. The third kappa shape index (κ3) is 6.06. The Labute approximate surface area is 335 Å². The molecule has 3 heteroatoms. The number of para-hydroxylation sites is 2. The molecule has 0 atom stereocenters. The van der Waals surface area contributed by atoms with Crippen LogP contribution >= 0.6 is 11.3 Å². The number of hydrogen-bond acceptors (Lipinski definition) is 3. The van der Waals surface area contributed by atoms with Gasteiger partial charge in [-0.25, -0.2) is 0 Å². The molecule has 57 heavy (non-hydrogen) atoms. The van der Waals surface area contributed by atoms with Gasteiger partial charge in [0.1, 0.15) is 11.2 Å². The second-order valence-corrected chi connectivity index (χ2v) is 15.6. The van der Waals surface area contributed by atoms with Crippen LogP contribution in [-0.4, -0.2) is 0 Å². The maximum atomic E-state index is 6.34. The number of nitrogens with zero attached hydrogens (tertiary/aromatic N) is 1. The van der Waals surface area contributed by atoms with Gasteiger partial charge in [0, 0.05) is 43.0 Å². The lowest BCUT2D eigenvalue weighted by Gasteiger charge is -2.26. The predicted molar refractivity (Wildman–Crippen MR) is 243 cm³/mol. The van der Waals surface area contributed by atoms with E-state index in [1.54, 1.807) is 0 Å². The van der Waals surface area contributed by atoms with Crippen LogP contribution in [-0.2, 0) is 0 Å². The van der Waals surface area contributed by atoms with Gasteiger partial charge >= 0.3 is 0 Å². The highest BCUT2D eigenvalue weighted by Crippen LogP contribution is 2.41. The number of hydrogen-bond donors (Lipinski definition) is 0. The highest BCUT2D eigenvalue weighted by atomic mass is 32.1. The molecule has 0 bridgehead atoms. The first-order valence-corrected chi connectivity index (χ1v) is 20.1. The van der Waals surface area contributed by atoms with Crippen molar-refractivity contribution in [2.45, 2.75) is 0 Å². The molecule has 0 aliphatic carbocycles. The minimum Gasteiger partial charge on any atom is -0.455 e. The molecule has 2 aromatic heterocycles. The van der Waals surface area contributed by atoms with Gasteiger partial charge < -0.3 is 9.32 Å². The summed E-state index contributed by atoms with van der Waals surface area (Å²) in [6.45, 7) is 0. The van der Waals surface area contributed by atoms with Gasteiger partial charge in [-0.3, -0.25) is 0 Å². The minimum atomic E-state index is 0.915. The SMILES string of the molecule is c1ccc2cc(-c3ccc(N(c4ccc(-c5ccc(-c6cccc7c6oc6ccccc67)cc5)cc4)c4ccc(-c5cc6ccccc6s5)cc4)cc3)ccc2c1. The van der Waals surface area contributed by atoms with Gasteiger partial charge in [-0.1, -0.05) is 152 Å². The molecule has 0 radical (unpaired) electrons. The smallest absolute Gasteiger partial charge is 0.143 e. The molecule has 0 amide bonds. The monoisotopic (exact) mass is 745 g/mol. The summed E-state index contributed by atoms with van der Waals surface area (Å²) >= 11 is 1.84. The zero-order chi connectivity index (χ0) is 37.7. The van der Waals surface area contributed by atoms with Crippen molar-refractivity contribution in [3.05, 3.63) is 212 Å². The summed E-state index contributed by atoms with van der Waals surface area (Å²) in [5, 5.41) is 6.08. The Kier molecular flexibility index (Phi) is 8.04. The molecule has 0 saturated heterocycles. The molecule has 0 unspecified atom stereocenters. The highest BCUT2D eigenvalue weighted by Gasteiger charge is 2.16. The molecule has 0 fully saturated rings. The maximum absolute atomic E-state index is 6.34. The lowest BCUT2D eigenvalue weighted by Crippen LogP contribution is -2.09. The van der Waals surface area contributed by atoms with Crippen LogP contribution in [0.2, 0.25) is 0 Å². The fourth-order valence-corrected chi connectivity index (χ4v) is 9.21. The zero-order valence-electron chi connectivity index (χ0n) is 31.0. The van der Waals surface area contributed by atoms with E-state index in [9.17, 15) is 0 Å². The normalized spacial score (nSPS) is 11.5. The summed E-state index contributed by atoms with van der Waals surface area (Å²) < 4.78 is 7.65. The van der Waals surface area contributed by atoms with Gasteiger partial charge in [-0.15, -0.1) is 11.3 Å². The number of benzene rings is 9. The van der Waals surface area contributed by atoms with Gasteiger partial charge in [-0.2, -0.15) is 0 Å². The Morgan fingerprint density at radius 1 is 0.351 bits per heavy atom. The summed E-state index contributed by atoms with van der Waals surface area (Å²) in [6, 6.07) is 76.5. The third-order valence-corrected chi connectivity index (χ3v) is 12.3. The number of fused-ring (bicyclic) bond motifs is 5. The van der Waals surface area contributed by atoms with E-state index < -0.39 is 0 Å². The number of furan rings is 1. The molecule has 11 aromatic rings. The second kappa shape index (κ2) is 13.8. The molecule has 11 rings (SSSR count). The van der Waals surface area contributed by atoms with E-state index in [1.807, 2.05) is 23.5 Å². The molecule has 268 valence electrons. The van der Waals surface area contributed by atoms with E-state index in [0.29, 0.717) is 0 Å². The van der Waals surface area contributed by atoms with Crippen LogP contribution in [0.25, 0.3) is 86.6 Å². The molecule has 0 saturated carbocycles. The van der Waals surface area contributed by atoms with Crippen LogP contribution in [0, 0.1) is 0 Å². The second-order valence-electron chi connectivity index (χ2n) is 14.5. The molecule has 2 nitrogen and oxygen atoms in total. The summed E-state index contributed by atoms with van der Waals surface area (Å²) in [5.41, 5.74) is 13.4. The fraction of sp³-hybridized carbons (Fsp3) is 0. The summed E-state index contributed by atoms with van der Waals surface area (Å²) in [4.78, 5) is 3.62. The largest absolute Gasteiger partial charge is 0.455 e. The van der Waals surface area contributed by atoms with Crippen LogP contribution < -0.4 is 4.90 Å². The van der Waals surface area contributed by atoms with Crippen LogP contribution in [0.4, 0.5) is 17.1 Å². The number of thiophene rings is 1. The van der Waals surface area contributed by atoms with E-state index in [-0.39, 0.29) is 0 Å². The van der Waals surface area contributed by atoms with Crippen molar-refractivity contribution in [2.75, 3.05) is 4.90 Å². The maximum Gasteiger partial charge on any atom is 0.143 e. The molecular formula is C54H35NOS. The standard InChI is InChI=1S/C54H35NOS/c1-2-9-42-34-43(21-18-36(42)8-1)39-24-30-46(31-25-39)55(47-32-26-41(27-33-47)53-35-44-10-3-6-15-52(44)57-53)45-28-22-38(23-29-45)37-16-19-40(20-17-37)48-12-7-13-50-49-11-4-5-14-51(49)56-54(48)50/h1-35H. The Hall–Kier alpha value is -7.20. The Morgan fingerprint density at radius 2 is 0.877 bits per heavy atom. The van der Waals surface area contributed by atoms with Crippen molar-refractivity contribution in [1.82, 2.24) is 0 Å². The Bertz CT molecular complexity index is 3180. The van der Waals surface area contributed by atoms with Gasteiger partial charge in [0.15, 0.2) is 0 Å². The quantitative estimate of drug-likeness (QED) is 0.162. The van der Waals surface area contributed by atoms with Crippen molar-refractivity contribution in [1.29, 1.82) is 0 Å². The first kappa shape index (κ1) is 33.2. The fourth-order valence-electron chi connectivity index (χ4n) is 8.14. The summed E-state index contributed by atoms with van der Waals surface area (Å²) in [6.07, 6.45) is 0. The average molecular weight is 746 g/mol. The van der Waals surface area contributed by atoms with E-state index >= 15 is 0 Å². The third-order valence-electron chi connectivity index (χ3n) is 11.1. The van der Waals surface area contributed by atoms with Crippen molar-refractivity contribution in [3.63, 3.8) is 0 Å². The number of anilines is 3. The van der Waals surface area contributed by atoms with Crippen molar-refractivity contribution >= 4 is 71.2 Å². The van der Waals surface area contributed by atoms with Gasteiger partial charge in [0.05, 0.1) is 0 Å². The molecule has 0 aliphatic heterocycles. The van der Waals surface area contributed by atoms with Crippen LogP contribution in [0.5, 0.6) is 0 Å². The first-order valence-electron chi connectivity index (χ1n) is 19.3. The van der Waals surface area contributed by atoms with Gasteiger partial charge in [0.2, 0.25) is 0 Å². The number of rotatable bonds is 7. The summed E-state index contributed by atoms with van der Waals surface area (Å²) in [5.74, 6) is 0. The van der Waals surface area contributed by atoms with Crippen molar-refractivity contribution < 1.29 is 4.42 Å². The lowest BCUT2D eigenvalue weighted by molar-refractivity contribution is 0.670. The minimum absolute atomic E-state index is 0.915. The Balaban J connectivity index is 0.926. The van der Waals surface area contributed by atoms with Crippen LogP contribution in [0.3, 0.4) is 0 Å². The molecule has 0 N–H and O–H groups in total.